The van der Waals surface area contributed by atoms with Crippen LogP contribution in [0.25, 0.3) is 0 Å². The number of hydrogen-bond donors (Lipinski definition) is 1. The first-order valence-corrected chi connectivity index (χ1v) is 6.71. The summed E-state index contributed by atoms with van der Waals surface area (Å²) in [6, 6.07) is 9.46. The summed E-state index contributed by atoms with van der Waals surface area (Å²) < 4.78 is 10.5. The molecular formula is C14H17N3O3. The molecule has 0 bridgehead atoms. The molecule has 3 rings (SSSR count). The lowest BCUT2D eigenvalue weighted by Gasteiger charge is -2.24. The van der Waals surface area contributed by atoms with Gasteiger partial charge in [-0.2, -0.15) is 4.98 Å². The lowest BCUT2D eigenvalue weighted by Crippen LogP contribution is -2.36. The number of aromatic nitrogens is 2. The topological polar surface area (TPSA) is 71.6 Å². The maximum Gasteiger partial charge on any atom is 0.266 e. The molecule has 0 radical (unpaired) electrons. The van der Waals surface area contributed by atoms with Gasteiger partial charge in [-0.05, 0) is 10.7 Å². The number of anilines is 1. The van der Waals surface area contributed by atoms with Gasteiger partial charge in [0.15, 0.2) is 0 Å². The lowest BCUT2D eigenvalue weighted by molar-refractivity contribution is 0.121. The van der Waals surface area contributed by atoms with Crippen molar-refractivity contribution in [3.8, 4) is 0 Å². The van der Waals surface area contributed by atoms with Gasteiger partial charge in [0.1, 0.15) is 0 Å². The molecule has 1 unspecified atom stereocenters. The van der Waals surface area contributed by atoms with Gasteiger partial charge in [-0.3, -0.25) is 0 Å². The van der Waals surface area contributed by atoms with Crippen LogP contribution < -0.4 is 4.90 Å². The van der Waals surface area contributed by atoms with Gasteiger partial charge in [0.05, 0.1) is 25.7 Å². The molecule has 1 saturated heterocycles. The second kappa shape index (κ2) is 6.02. The number of hydrogen-bond acceptors (Lipinski definition) is 6. The zero-order valence-corrected chi connectivity index (χ0v) is 11.1. The number of rotatable bonds is 4. The molecule has 0 saturated carbocycles. The summed E-state index contributed by atoms with van der Waals surface area (Å²) in [6.45, 7) is 2.88. The average Bonchev–Trinajstić information content (AvgIpc) is 2.97. The first kappa shape index (κ1) is 13.1. The first-order valence-electron chi connectivity index (χ1n) is 6.71. The summed E-state index contributed by atoms with van der Waals surface area (Å²) >= 11 is 0. The number of morpholine rings is 1. The molecule has 6 heteroatoms. The molecule has 0 aliphatic carbocycles. The van der Waals surface area contributed by atoms with Crippen molar-refractivity contribution < 1.29 is 14.4 Å². The van der Waals surface area contributed by atoms with Crippen LogP contribution in [-0.2, 0) is 11.2 Å². The van der Waals surface area contributed by atoms with Crippen LogP contribution in [0.3, 0.4) is 0 Å². The Kier molecular flexibility index (Phi) is 3.94. The Morgan fingerprint density at radius 1 is 1.20 bits per heavy atom. The molecule has 0 amide bonds. The Bertz CT molecular complexity index is 538. The summed E-state index contributed by atoms with van der Waals surface area (Å²) in [5.74, 6) is 1.02. The van der Waals surface area contributed by atoms with Gasteiger partial charge in [-0.15, -0.1) is 0 Å². The van der Waals surface area contributed by atoms with Gasteiger partial charge in [0, 0.05) is 13.1 Å². The van der Waals surface area contributed by atoms with Crippen molar-refractivity contribution in [2.45, 2.75) is 12.5 Å². The molecular weight excluding hydrogens is 258 g/mol. The zero-order chi connectivity index (χ0) is 13.8. The van der Waals surface area contributed by atoms with E-state index in [4.69, 9.17) is 9.26 Å². The van der Waals surface area contributed by atoms with Gasteiger partial charge in [0.25, 0.3) is 5.95 Å². The maximum absolute atomic E-state index is 10.1. The van der Waals surface area contributed by atoms with Crippen molar-refractivity contribution in [3.05, 3.63) is 41.8 Å². The van der Waals surface area contributed by atoms with E-state index in [1.807, 2.05) is 35.2 Å². The second-order valence-electron chi connectivity index (χ2n) is 4.72. The molecule has 0 spiro atoms. The normalized spacial score (nSPS) is 17.1. The summed E-state index contributed by atoms with van der Waals surface area (Å²) in [4.78, 5) is 6.35. The van der Waals surface area contributed by atoms with E-state index >= 15 is 0 Å². The lowest BCUT2D eigenvalue weighted by atomic mass is 10.1. The smallest absolute Gasteiger partial charge is 0.266 e. The number of nitrogens with zero attached hydrogens (tertiary/aromatic N) is 3. The van der Waals surface area contributed by atoms with E-state index in [1.165, 1.54) is 0 Å². The van der Waals surface area contributed by atoms with Gasteiger partial charge < -0.3 is 19.3 Å². The Morgan fingerprint density at radius 2 is 1.95 bits per heavy atom. The third-order valence-electron chi connectivity index (χ3n) is 3.30. The molecule has 6 nitrogen and oxygen atoms in total. The van der Waals surface area contributed by atoms with Crippen LogP contribution in [-0.4, -0.2) is 41.6 Å². The first-order chi connectivity index (χ1) is 9.83. The van der Waals surface area contributed by atoms with Crippen molar-refractivity contribution >= 4 is 5.95 Å². The van der Waals surface area contributed by atoms with E-state index in [-0.39, 0.29) is 0 Å². The number of ether oxygens (including phenoxy) is 1. The van der Waals surface area contributed by atoms with Gasteiger partial charge >= 0.3 is 0 Å². The minimum atomic E-state index is -0.630. The van der Waals surface area contributed by atoms with E-state index in [0.717, 1.165) is 18.7 Å². The number of aliphatic hydroxyl groups is 1. The van der Waals surface area contributed by atoms with Crippen LogP contribution in [0.1, 0.15) is 17.6 Å². The van der Waals surface area contributed by atoms with Crippen molar-refractivity contribution in [3.63, 3.8) is 0 Å². The van der Waals surface area contributed by atoms with Crippen molar-refractivity contribution in [2.75, 3.05) is 31.2 Å². The summed E-state index contributed by atoms with van der Waals surface area (Å²) in [5.41, 5.74) is 0.846. The Morgan fingerprint density at radius 3 is 2.70 bits per heavy atom. The highest BCUT2D eigenvalue weighted by Gasteiger charge is 2.19. The highest BCUT2D eigenvalue weighted by molar-refractivity contribution is 5.28. The van der Waals surface area contributed by atoms with Crippen LogP contribution in [0, 0.1) is 0 Å². The van der Waals surface area contributed by atoms with E-state index in [1.54, 1.807) is 0 Å². The Balaban J connectivity index is 1.65. The predicted molar refractivity (Wildman–Crippen MR) is 72.4 cm³/mol. The minimum Gasteiger partial charge on any atom is -0.388 e. The predicted octanol–water partition coefficient (Wildman–Crippen LogP) is 1.18. The summed E-state index contributed by atoms with van der Waals surface area (Å²) in [5, 5.41) is 14.1. The molecule has 1 fully saturated rings. The zero-order valence-electron chi connectivity index (χ0n) is 11.1. The van der Waals surface area contributed by atoms with Gasteiger partial charge in [-0.25, -0.2) is 0 Å². The quantitative estimate of drug-likeness (QED) is 0.903. The molecule has 2 aromatic rings. The van der Waals surface area contributed by atoms with Crippen LogP contribution in [0.15, 0.2) is 34.9 Å². The molecule has 1 aliphatic heterocycles. The molecule has 1 N–H and O–H groups in total. The molecule has 1 atom stereocenters. The second-order valence-corrected chi connectivity index (χ2v) is 4.72. The van der Waals surface area contributed by atoms with Crippen LogP contribution in [0.2, 0.25) is 0 Å². The molecule has 20 heavy (non-hydrogen) atoms. The average molecular weight is 275 g/mol. The van der Waals surface area contributed by atoms with E-state index < -0.39 is 6.10 Å². The fourth-order valence-corrected chi connectivity index (χ4v) is 2.18. The molecule has 106 valence electrons. The fraction of sp³-hybridized carbons (Fsp3) is 0.429. The summed E-state index contributed by atoms with van der Waals surface area (Å²) in [7, 11) is 0. The van der Waals surface area contributed by atoms with Crippen molar-refractivity contribution in [1.29, 1.82) is 0 Å². The third kappa shape index (κ3) is 2.97. The maximum atomic E-state index is 10.1. The number of benzene rings is 1. The standard InChI is InChI=1S/C14H17N3O3/c18-12(11-4-2-1-3-5-11)10-13-15-14(16-20-13)17-6-8-19-9-7-17/h1-5,12,18H,6-10H2. The minimum absolute atomic E-state index is 0.321. The molecule has 1 aliphatic rings. The van der Waals surface area contributed by atoms with E-state index in [9.17, 15) is 5.11 Å². The summed E-state index contributed by atoms with van der Waals surface area (Å²) in [6.07, 6.45) is -0.310. The van der Waals surface area contributed by atoms with Crippen LogP contribution in [0.5, 0.6) is 0 Å². The fourth-order valence-electron chi connectivity index (χ4n) is 2.18. The highest BCUT2D eigenvalue weighted by Crippen LogP contribution is 2.19. The third-order valence-corrected chi connectivity index (χ3v) is 3.30. The van der Waals surface area contributed by atoms with Crippen LogP contribution >= 0.6 is 0 Å². The van der Waals surface area contributed by atoms with Gasteiger partial charge in [-0.1, -0.05) is 30.3 Å². The largest absolute Gasteiger partial charge is 0.388 e. The van der Waals surface area contributed by atoms with Crippen molar-refractivity contribution in [1.82, 2.24) is 10.1 Å². The Labute approximate surface area is 117 Å². The van der Waals surface area contributed by atoms with E-state index in [2.05, 4.69) is 10.1 Å². The molecule has 1 aromatic heterocycles. The highest BCUT2D eigenvalue weighted by atomic mass is 16.5. The van der Waals surface area contributed by atoms with Crippen LogP contribution in [0.4, 0.5) is 5.95 Å². The van der Waals surface area contributed by atoms with Gasteiger partial charge in [0.2, 0.25) is 5.89 Å². The monoisotopic (exact) mass is 275 g/mol. The molecule has 2 heterocycles. The number of aliphatic hydroxyl groups excluding tert-OH is 1. The SMILES string of the molecule is OC(Cc1nc(N2CCOCC2)no1)c1ccccc1. The Hall–Kier alpha value is -1.92. The van der Waals surface area contributed by atoms with E-state index in [0.29, 0.717) is 31.5 Å². The van der Waals surface area contributed by atoms with Crippen molar-refractivity contribution in [2.24, 2.45) is 0 Å². The molecule has 1 aromatic carbocycles.